The summed E-state index contributed by atoms with van der Waals surface area (Å²) >= 11 is 0. The standard InChI is InChI=1S/C23H25N3O4/c1-24-20-9-4-3-8-19(20)21(15-22(24)27)30-16-23(28)26-12-10-25(11-13-26)17-6-5-7-18(14-17)29-2/h3-9,14-15H,10-13,16H2,1-2H3. The molecule has 7 heteroatoms. The van der Waals surface area contributed by atoms with Crippen molar-refractivity contribution in [3.8, 4) is 11.5 Å². The highest BCUT2D eigenvalue weighted by Crippen LogP contribution is 2.24. The quantitative estimate of drug-likeness (QED) is 0.649. The largest absolute Gasteiger partial charge is 0.497 e. The van der Waals surface area contributed by atoms with Crippen LogP contribution in [0, 0.1) is 0 Å². The molecule has 4 rings (SSSR count). The Morgan fingerprint density at radius 2 is 1.77 bits per heavy atom. The van der Waals surface area contributed by atoms with Gasteiger partial charge in [-0.05, 0) is 24.3 Å². The van der Waals surface area contributed by atoms with Crippen LogP contribution in [-0.4, -0.2) is 55.3 Å². The van der Waals surface area contributed by atoms with Crippen molar-refractivity contribution in [3.63, 3.8) is 0 Å². The fraction of sp³-hybridized carbons (Fsp3) is 0.304. The first-order chi connectivity index (χ1) is 14.6. The molecular weight excluding hydrogens is 382 g/mol. The van der Waals surface area contributed by atoms with Gasteiger partial charge in [-0.2, -0.15) is 0 Å². The summed E-state index contributed by atoms with van der Waals surface area (Å²) in [7, 11) is 3.38. The van der Waals surface area contributed by atoms with Gasteiger partial charge in [0, 0.05) is 56.4 Å². The molecule has 1 aliphatic rings. The van der Waals surface area contributed by atoms with Gasteiger partial charge in [0.2, 0.25) is 0 Å². The highest BCUT2D eigenvalue weighted by atomic mass is 16.5. The molecule has 0 N–H and O–H groups in total. The first-order valence-corrected chi connectivity index (χ1v) is 9.95. The lowest BCUT2D eigenvalue weighted by Crippen LogP contribution is -2.50. The molecule has 0 spiro atoms. The second kappa shape index (κ2) is 8.49. The van der Waals surface area contributed by atoms with E-state index in [1.807, 2.05) is 48.5 Å². The van der Waals surface area contributed by atoms with Crippen LogP contribution in [0.2, 0.25) is 0 Å². The molecule has 30 heavy (non-hydrogen) atoms. The van der Waals surface area contributed by atoms with Gasteiger partial charge in [0.05, 0.1) is 12.6 Å². The number of amides is 1. The van der Waals surface area contributed by atoms with Gasteiger partial charge in [-0.1, -0.05) is 18.2 Å². The molecule has 1 amide bonds. The zero-order valence-corrected chi connectivity index (χ0v) is 17.2. The molecule has 0 bridgehead atoms. The maximum Gasteiger partial charge on any atom is 0.260 e. The lowest BCUT2D eigenvalue weighted by molar-refractivity contribution is -0.133. The van der Waals surface area contributed by atoms with Crippen LogP contribution in [0.3, 0.4) is 0 Å². The number of benzene rings is 2. The van der Waals surface area contributed by atoms with Gasteiger partial charge >= 0.3 is 0 Å². The van der Waals surface area contributed by atoms with E-state index in [4.69, 9.17) is 9.47 Å². The van der Waals surface area contributed by atoms with Crippen LogP contribution < -0.4 is 19.9 Å². The van der Waals surface area contributed by atoms with Gasteiger partial charge in [-0.25, -0.2) is 0 Å². The predicted octanol–water partition coefficient (Wildman–Crippen LogP) is 2.27. The Kier molecular flexibility index (Phi) is 5.61. The number of pyridine rings is 1. The average molecular weight is 407 g/mol. The van der Waals surface area contributed by atoms with Gasteiger partial charge in [0.15, 0.2) is 6.61 Å². The fourth-order valence-corrected chi connectivity index (χ4v) is 3.75. The molecule has 0 unspecified atom stereocenters. The average Bonchev–Trinajstić information content (AvgIpc) is 2.80. The van der Waals surface area contributed by atoms with Crippen LogP contribution in [0.5, 0.6) is 11.5 Å². The van der Waals surface area contributed by atoms with Crippen molar-refractivity contribution in [2.45, 2.75) is 0 Å². The Morgan fingerprint density at radius 3 is 2.53 bits per heavy atom. The maximum absolute atomic E-state index is 12.7. The number of hydrogen-bond acceptors (Lipinski definition) is 5. The topological polar surface area (TPSA) is 64.0 Å². The van der Waals surface area contributed by atoms with Crippen LogP contribution in [0.15, 0.2) is 59.4 Å². The summed E-state index contributed by atoms with van der Waals surface area (Å²) in [5.74, 6) is 1.18. The van der Waals surface area contributed by atoms with Crippen LogP contribution in [0.25, 0.3) is 10.9 Å². The number of ether oxygens (including phenoxy) is 2. The molecule has 0 saturated carbocycles. The smallest absolute Gasteiger partial charge is 0.260 e. The number of hydrogen-bond donors (Lipinski definition) is 0. The summed E-state index contributed by atoms with van der Waals surface area (Å²) in [4.78, 5) is 28.9. The summed E-state index contributed by atoms with van der Waals surface area (Å²) in [5.41, 5.74) is 1.70. The number of aryl methyl sites for hydroxylation is 1. The van der Waals surface area contributed by atoms with E-state index < -0.39 is 0 Å². The first-order valence-electron chi connectivity index (χ1n) is 9.95. The Bertz CT molecular complexity index is 1120. The van der Waals surface area contributed by atoms with Crippen molar-refractivity contribution in [3.05, 3.63) is 65.0 Å². The lowest BCUT2D eigenvalue weighted by Gasteiger charge is -2.36. The second-order valence-electron chi connectivity index (χ2n) is 7.28. The maximum atomic E-state index is 12.7. The minimum atomic E-state index is -0.164. The summed E-state index contributed by atoms with van der Waals surface area (Å²) in [5, 5.41) is 0.815. The molecule has 1 fully saturated rings. The lowest BCUT2D eigenvalue weighted by atomic mass is 10.2. The van der Waals surface area contributed by atoms with E-state index in [9.17, 15) is 9.59 Å². The van der Waals surface area contributed by atoms with Gasteiger partial charge < -0.3 is 23.8 Å². The minimum absolute atomic E-state index is 0.0787. The summed E-state index contributed by atoms with van der Waals surface area (Å²) in [6.45, 7) is 2.64. The molecule has 1 saturated heterocycles. The van der Waals surface area contributed by atoms with Gasteiger partial charge in [-0.15, -0.1) is 0 Å². The number of fused-ring (bicyclic) bond motifs is 1. The predicted molar refractivity (Wildman–Crippen MR) is 116 cm³/mol. The van der Waals surface area contributed by atoms with Crippen molar-refractivity contribution in [1.29, 1.82) is 0 Å². The number of aromatic nitrogens is 1. The monoisotopic (exact) mass is 407 g/mol. The van der Waals surface area contributed by atoms with Gasteiger partial charge in [0.25, 0.3) is 11.5 Å². The molecule has 156 valence electrons. The van der Waals surface area contributed by atoms with Crippen molar-refractivity contribution >= 4 is 22.5 Å². The third-order valence-electron chi connectivity index (χ3n) is 5.52. The molecule has 3 aromatic rings. The highest BCUT2D eigenvalue weighted by molar-refractivity contribution is 5.86. The summed E-state index contributed by atoms with van der Waals surface area (Å²) in [6, 6.07) is 16.9. The number of nitrogens with zero attached hydrogens (tertiary/aromatic N) is 3. The Balaban J connectivity index is 1.39. The Hall–Kier alpha value is -3.48. The number of para-hydroxylation sites is 1. The van der Waals surface area contributed by atoms with Crippen molar-refractivity contribution < 1.29 is 14.3 Å². The molecule has 2 aromatic carbocycles. The highest BCUT2D eigenvalue weighted by Gasteiger charge is 2.22. The van der Waals surface area contributed by atoms with Gasteiger partial charge in [-0.3, -0.25) is 9.59 Å². The number of carbonyl (C=O) groups excluding carboxylic acids is 1. The van der Waals surface area contributed by atoms with E-state index in [1.165, 1.54) is 6.07 Å². The van der Waals surface area contributed by atoms with E-state index >= 15 is 0 Å². The fourth-order valence-electron chi connectivity index (χ4n) is 3.75. The second-order valence-corrected chi connectivity index (χ2v) is 7.28. The van der Waals surface area contributed by atoms with Crippen molar-refractivity contribution in [1.82, 2.24) is 9.47 Å². The van der Waals surface area contributed by atoms with Crippen LogP contribution >= 0.6 is 0 Å². The van der Waals surface area contributed by atoms with E-state index in [-0.39, 0.29) is 18.1 Å². The van der Waals surface area contributed by atoms with E-state index in [0.717, 1.165) is 35.4 Å². The molecule has 1 aromatic heterocycles. The summed E-state index contributed by atoms with van der Waals surface area (Å²) in [6.07, 6.45) is 0. The van der Waals surface area contributed by atoms with E-state index in [1.54, 1.807) is 23.6 Å². The third kappa shape index (κ3) is 3.96. The van der Waals surface area contributed by atoms with Crippen molar-refractivity contribution in [2.24, 2.45) is 7.05 Å². The third-order valence-corrected chi connectivity index (χ3v) is 5.52. The van der Waals surface area contributed by atoms with Gasteiger partial charge in [0.1, 0.15) is 11.5 Å². The summed E-state index contributed by atoms with van der Waals surface area (Å²) < 4.78 is 12.6. The molecular formula is C23H25N3O4. The minimum Gasteiger partial charge on any atom is -0.497 e. The zero-order chi connectivity index (χ0) is 21.1. The molecule has 0 radical (unpaired) electrons. The van der Waals surface area contributed by atoms with Crippen molar-refractivity contribution in [2.75, 3.05) is 44.8 Å². The number of carbonyl (C=O) groups is 1. The Labute approximate surface area is 175 Å². The van der Waals surface area contributed by atoms with Crippen LogP contribution in [-0.2, 0) is 11.8 Å². The van der Waals surface area contributed by atoms with E-state index in [2.05, 4.69) is 4.90 Å². The van der Waals surface area contributed by atoms with Crippen LogP contribution in [0.1, 0.15) is 0 Å². The molecule has 0 aliphatic carbocycles. The number of piperazine rings is 1. The SMILES string of the molecule is COc1cccc(N2CCN(C(=O)COc3cc(=O)n(C)c4ccccc34)CC2)c1. The number of rotatable bonds is 5. The number of methoxy groups -OCH3 is 1. The molecule has 2 heterocycles. The molecule has 7 nitrogen and oxygen atoms in total. The molecule has 1 aliphatic heterocycles. The zero-order valence-electron chi connectivity index (χ0n) is 17.2. The van der Waals surface area contributed by atoms with Crippen LogP contribution in [0.4, 0.5) is 5.69 Å². The molecule has 0 atom stereocenters. The number of anilines is 1. The van der Waals surface area contributed by atoms with E-state index in [0.29, 0.717) is 18.8 Å². The normalized spacial score (nSPS) is 14.1. The first kappa shape index (κ1) is 19.8. The Morgan fingerprint density at radius 1 is 1.00 bits per heavy atom.